The van der Waals surface area contributed by atoms with Gasteiger partial charge >= 0.3 is 0 Å². The van der Waals surface area contributed by atoms with Crippen LogP contribution < -0.4 is 16.2 Å². The molecule has 0 spiro atoms. The number of aromatic amines is 1. The Morgan fingerprint density at radius 3 is 2.34 bits per heavy atom. The summed E-state index contributed by atoms with van der Waals surface area (Å²) in [6.45, 7) is 1.67. The zero-order chi connectivity index (χ0) is 26.8. The van der Waals surface area contributed by atoms with Crippen molar-refractivity contribution in [3.63, 3.8) is 0 Å². The third-order valence-corrected chi connectivity index (χ3v) is 6.55. The van der Waals surface area contributed by atoms with Gasteiger partial charge in [0.1, 0.15) is 23.1 Å². The summed E-state index contributed by atoms with van der Waals surface area (Å²) in [6, 6.07) is 17.8. The molecule has 0 aliphatic carbocycles. The summed E-state index contributed by atoms with van der Waals surface area (Å²) in [7, 11) is 1.64. The summed E-state index contributed by atoms with van der Waals surface area (Å²) in [5.74, 6) is -0.992. The van der Waals surface area contributed by atoms with Crippen LogP contribution in [0.3, 0.4) is 0 Å². The molecule has 1 amide bonds. The van der Waals surface area contributed by atoms with Crippen molar-refractivity contribution in [3.8, 4) is 11.4 Å². The Morgan fingerprint density at radius 1 is 0.974 bits per heavy atom. The summed E-state index contributed by atoms with van der Waals surface area (Å²) in [6.07, 6.45) is 3.10. The van der Waals surface area contributed by atoms with Crippen LogP contribution >= 0.6 is 0 Å². The number of carbonyl (C=O) groups is 1. The predicted octanol–water partition coefficient (Wildman–Crippen LogP) is 4.85. The van der Waals surface area contributed by atoms with E-state index in [1.54, 1.807) is 32.3 Å². The number of hydrogen-bond acceptors (Lipinski definition) is 4. The Balaban J connectivity index is 1.81. The van der Waals surface area contributed by atoms with E-state index >= 15 is 0 Å². The molecule has 2 heterocycles. The lowest BCUT2D eigenvalue weighted by molar-refractivity contribution is -0.117. The van der Waals surface area contributed by atoms with Gasteiger partial charge in [-0.3, -0.25) is 14.2 Å². The molecule has 2 aromatic heterocycles. The number of nitrogens with one attached hydrogen (secondary N) is 3. The van der Waals surface area contributed by atoms with Crippen molar-refractivity contribution < 1.29 is 13.6 Å². The Labute approximate surface area is 217 Å². The topological polar surface area (TPSA) is 91.8 Å². The van der Waals surface area contributed by atoms with Crippen LogP contribution in [-0.4, -0.2) is 33.5 Å². The maximum atomic E-state index is 14.1. The van der Waals surface area contributed by atoms with Gasteiger partial charge in [-0.25, -0.2) is 13.8 Å². The highest BCUT2D eigenvalue weighted by Gasteiger charge is 2.26. The third kappa shape index (κ3) is 4.71. The Kier molecular flexibility index (Phi) is 6.85. The highest BCUT2D eigenvalue weighted by atomic mass is 19.1. The average Bonchev–Trinajstić information content (AvgIpc) is 3.41. The molecule has 3 N–H and O–H groups in total. The van der Waals surface area contributed by atoms with Gasteiger partial charge in [0.25, 0.3) is 5.56 Å². The number of nitrogens with zero attached hydrogens (tertiary/aromatic N) is 2. The molecule has 38 heavy (non-hydrogen) atoms. The van der Waals surface area contributed by atoms with Crippen molar-refractivity contribution in [1.29, 1.82) is 0 Å². The first-order valence-electron chi connectivity index (χ1n) is 12.0. The second-order valence-electron chi connectivity index (χ2n) is 8.92. The van der Waals surface area contributed by atoms with Crippen molar-refractivity contribution in [2.75, 3.05) is 12.4 Å². The van der Waals surface area contributed by atoms with Gasteiger partial charge < -0.3 is 15.6 Å². The van der Waals surface area contributed by atoms with Gasteiger partial charge in [0.05, 0.1) is 18.3 Å². The number of fused-ring (bicyclic) bond motifs is 1. The van der Waals surface area contributed by atoms with E-state index in [9.17, 15) is 18.4 Å². The molecular formula is C29H25F2N5O2. The van der Waals surface area contributed by atoms with Gasteiger partial charge in [-0.15, -0.1) is 0 Å². The van der Waals surface area contributed by atoms with E-state index in [-0.39, 0.29) is 11.5 Å². The number of anilines is 1. The van der Waals surface area contributed by atoms with E-state index in [0.29, 0.717) is 11.1 Å². The van der Waals surface area contributed by atoms with Crippen LogP contribution in [0.4, 0.5) is 14.5 Å². The van der Waals surface area contributed by atoms with Gasteiger partial charge in [0.2, 0.25) is 5.91 Å². The molecule has 0 saturated heterocycles. The number of halogens is 2. The van der Waals surface area contributed by atoms with E-state index < -0.39 is 35.2 Å². The number of aromatic nitrogens is 3. The van der Waals surface area contributed by atoms with Crippen molar-refractivity contribution in [2.24, 2.45) is 0 Å². The van der Waals surface area contributed by atoms with Crippen LogP contribution in [-0.2, 0) is 4.79 Å². The number of carbonyl (C=O) groups excluding carboxylic acids is 1. The molecule has 1 unspecified atom stereocenters. The number of H-pyrrole nitrogens is 1. The lowest BCUT2D eigenvalue weighted by Crippen LogP contribution is -2.38. The maximum absolute atomic E-state index is 14.1. The standard InChI is InChI=1S/C29H25F2N5O2/c1-17(32-2)28(37)35-25-16-34-27(19-8-12-21(31)13-9-19)36(29(25)38)26(18-6-10-20(30)11-7-18)23-4-3-5-24-22(23)14-15-33-24/h3-17,26,32-33H,1-2H3,(H,35,37)/t17?,26-/m0/s1. The highest BCUT2D eigenvalue weighted by Crippen LogP contribution is 2.34. The predicted molar refractivity (Wildman–Crippen MR) is 143 cm³/mol. The number of amides is 1. The van der Waals surface area contributed by atoms with Crippen LogP contribution in [0.15, 0.2) is 90.0 Å². The average molecular weight is 514 g/mol. The second kappa shape index (κ2) is 10.4. The molecule has 9 heteroatoms. The minimum absolute atomic E-state index is 0.0173. The molecule has 5 aromatic rings. The van der Waals surface area contributed by atoms with E-state index in [0.717, 1.165) is 16.5 Å². The fourth-order valence-corrected chi connectivity index (χ4v) is 4.44. The Morgan fingerprint density at radius 2 is 1.66 bits per heavy atom. The van der Waals surface area contributed by atoms with Crippen LogP contribution in [0.1, 0.15) is 24.1 Å². The maximum Gasteiger partial charge on any atom is 0.278 e. The van der Waals surface area contributed by atoms with Crippen molar-refractivity contribution >= 4 is 22.5 Å². The van der Waals surface area contributed by atoms with Crippen molar-refractivity contribution in [2.45, 2.75) is 19.0 Å². The van der Waals surface area contributed by atoms with E-state index in [1.165, 1.54) is 47.2 Å². The molecule has 2 atom stereocenters. The Hall–Kier alpha value is -4.63. The minimum Gasteiger partial charge on any atom is -0.361 e. The molecular weight excluding hydrogens is 488 g/mol. The van der Waals surface area contributed by atoms with Gasteiger partial charge in [-0.2, -0.15) is 0 Å². The first kappa shape index (κ1) is 25.0. The second-order valence-corrected chi connectivity index (χ2v) is 8.92. The number of hydrogen-bond donors (Lipinski definition) is 3. The fraction of sp³-hybridized carbons (Fsp3) is 0.138. The molecule has 5 rings (SSSR count). The molecule has 0 bridgehead atoms. The van der Waals surface area contributed by atoms with Gasteiger partial charge in [-0.1, -0.05) is 24.3 Å². The van der Waals surface area contributed by atoms with Crippen molar-refractivity contribution in [1.82, 2.24) is 19.9 Å². The van der Waals surface area contributed by atoms with E-state index in [4.69, 9.17) is 0 Å². The molecule has 7 nitrogen and oxygen atoms in total. The normalized spacial score (nSPS) is 12.8. The molecule has 0 saturated carbocycles. The van der Waals surface area contributed by atoms with E-state index in [2.05, 4.69) is 20.6 Å². The summed E-state index contributed by atoms with van der Waals surface area (Å²) in [4.78, 5) is 34.5. The molecule has 0 radical (unpaired) electrons. The number of rotatable bonds is 7. The molecule has 3 aromatic carbocycles. The largest absolute Gasteiger partial charge is 0.361 e. The third-order valence-electron chi connectivity index (χ3n) is 6.55. The summed E-state index contributed by atoms with van der Waals surface area (Å²) >= 11 is 0. The zero-order valence-corrected chi connectivity index (χ0v) is 20.7. The smallest absolute Gasteiger partial charge is 0.278 e. The lowest BCUT2D eigenvalue weighted by atomic mass is 9.94. The van der Waals surface area contributed by atoms with Crippen molar-refractivity contribution in [3.05, 3.63) is 118 Å². The first-order valence-corrected chi connectivity index (χ1v) is 12.0. The van der Waals surface area contributed by atoms with Gasteiger partial charge in [0, 0.05) is 22.7 Å². The van der Waals surface area contributed by atoms with Gasteiger partial charge in [-0.05, 0) is 73.6 Å². The lowest BCUT2D eigenvalue weighted by Gasteiger charge is -2.25. The minimum atomic E-state index is -0.756. The summed E-state index contributed by atoms with van der Waals surface area (Å²) in [5.41, 5.74) is 2.20. The number of benzene rings is 3. The van der Waals surface area contributed by atoms with Crippen LogP contribution in [0.5, 0.6) is 0 Å². The molecule has 0 aliphatic heterocycles. The summed E-state index contributed by atoms with van der Waals surface area (Å²) < 4.78 is 29.2. The van der Waals surface area contributed by atoms with Crippen LogP contribution in [0, 0.1) is 11.6 Å². The monoisotopic (exact) mass is 513 g/mol. The molecule has 0 fully saturated rings. The quantitative estimate of drug-likeness (QED) is 0.290. The molecule has 192 valence electrons. The Bertz CT molecular complexity index is 1660. The van der Waals surface area contributed by atoms with Crippen LogP contribution in [0.2, 0.25) is 0 Å². The highest BCUT2D eigenvalue weighted by molar-refractivity contribution is 5.94. The molecule has 0 aliphatic rings. The van der Waals surface area contributed by atoms with Gasteiger partial charge in [0.15, 0.2) is 0 Å². The fourth-order valence-electron chi connectivity index (χ4n) is 4.44. The first-order chi connectivity index (χ1) is 18.4. The zero-order valence-electron chi connectivity index (χ0n) is 20.7. The SMILES string of the molecule is CNC(C)C(=O)Nc1cnc(-c2ccc(F)cc2)n([C@@H](c2ccc(F)cc2)c2cccc3[nH]ccc23)c1=O. The van der Waals surface area contributed by atoms with Crippen LogP contribution in [0.25, 0.3) is 22.3 Å². The van der Waals surface area contributed by atoms with E-state index in [1.807, 2.05) is 24.3 Å². The number of likely N-dealkylation sites (N-methyl/N-ethyl adjacent to an activating group) is 1. The summed E-state index contributed by atoms with van der Waals surface area (Å²) in [5, 5.41) is 6.37.